The number of hydrogen-bond acceptors (Lipinski definition) is 4. The summed E-state index contributed by atoms with van der Waals surface area (Å²) in [4.78, 5) is 38.3. The third kappa shape index (κ3) is 4.65. The average molecular weight is 380 g/mol. The van der Waals surface area contributed by atoms with Crippen LogP contribution in [0.1, 0.15) is 27.0 Å². The highest BCUT2D eigenvalue weighted by molar-refractivity contribution is 8.18. The Morgan fingerprint density at radius 3 is 2.52 bits per heavy atom. The van der Waals surface area contributed by atoms with Crippen molar-refractivity contribution in [1.29, 1.82) is 0 Å². The molecule has 1 heterocycles. The summed E-state index contributed by atoms with van der Waals surface area (Å²) in [6, 6.07) is 15.0. The smallest absolute Gasteiger partial charge is 0.293 e. The van der Waals surface area contributed by atoms with Crippen LogP contribution in [0.4, 0.5) is 4.79 Å². The summed E-state index contributed by atoms with van der Waals surface area (Å²) in [6.45, 7) is 4.26. The molecule has 2 aromatic rings. The molecule has 0 aromatic heterocycles. The Kier molecular flexibility index (Phi) is 5.76. The van der Waals surface area contributed by atoms with Crippen molar-refractivity contribution in [3.63, 3.8) is 0 Å². The number of imide groups is 1. The second-order valence-corrected chi connectivity index (χ2v) is 7.36. The molecule has 0 unspecified atom stereocenters. The Balaban J connectivity index is 1.59. The largest absolute Gasteiger partial charge is 0.350 e. The van der Waals surface area contributed by atoms with Crippen molar-refractivity contribution >= 4 is 34.9 Å². The minimum absolute atomic E-state index is 0.146. The Hall–Kier alpha value is -2.86. The summed E-state index contributed by atoms with van der Waals surface area (Å²) in [6.07, 6.45) is 1.72. The molecule has 1 fully saturated rings. The van der Waals surface area contributed by atoms with Gasteiger partial charge in [0.1, 0.15) is 0 Å². The van der Waals surface area contributed by atoms with Crippen molar-refractivity contribution in [3.05, 3.63) is 75.7 Å². The molecule has 5 nitrogen and oxygen atoms in total. The van der Waals surface area contributed by atoms with Crippen LogP contribution >= 0.6 is 11.8 Å². The summed E-state index contributed by atoms with van der Waals surface area (Å²) < 4.78 is 0. The molecule has 1 N–H and O–H groups in total. The Morgan fingerprint density at radius 1 is 1.07 bits per heavy atom. The zero-order valence-corrected chi connectivity index (χ0v) is 16.0. The third-order valence-corrected chi connectivity index (χ3v) is 5.06. The topological polar surface area (TPSA) is 66.5 Å². The van der Waals surface area contributed by atoms with Gasteiger partial charge in [-0.05, 0) is 49.4 Å². The maximum absolute atomic E-state index is 12.5. The summed E-state index contributed by atoms with van der Waals surface area (Å²) in [5.74, 6) is -0.545. The zero-order valence-electron chi connectivity index (χ0n) is 15.2. The first-order valence-corrected chi connectivity index (χ1v) is 9.42. The van der Waals surface area contributed by atoms with Gasteiger partial charge in [0.05, 0.1) is 4.91 Å². The fourth-order valence-corrected chi connectivity index (χ4v) is 3.54. The maximum atomic E-state index is 12.5. The molecule has 0 spiro atoms. The van der Waals surface area contributed by atoms with E-state index >= 15 is 0 Å². The van der Waals surface area contributed by atoms with E-state index in [9.17, 15) is 14.4 Å². The van der Waals surface area contributed by atoms with Crippen LogP contribution in [0.2, 0.25) is 0 Å². The molecule has 0 atom stereocenters. The molecule has 2 aromatic carbocycles. The van der Waals surface area contributed by atoms with Gasteiger partial charge < -0.3 is 5.32 Å². The molecule has 0 saturated carbocycles. The van der Waals surface area contributed by atoms with Crippen LogP contribution in [-0.2, 0) is 4.79 Å². The minimum Gasteiger partial charge on any atom is -0.350 e. The van der Waals surface area contributed by atoms with Gasteiger partial charge in [0.2, 0.25) is 0 Å². The molecule has 1 aliphatic rings. The molecule has 3 amide bonds. The summed E-state index contributed by atoms with van der Waals surface area (Å²) in [5.41, 5.74) is 3.56. The van der Waals surface area contributed by atoms with E-state index in [1.54, 1.807) is 18.2 Å². The highest BCUT2D eigenvalue weighted by Gasteiger charge is 2.34. The molecule has 6 heteroatoms. The van der Waals surface area contributed by atoms with Gasteiger partial charge in [0.15, 0.2) is 0 Å². The fourth-order valence-electron chi connectivity index (χ4n) is 2.68. The standard InChI is InChI=1S/C21H20N2O3S/c1-14-6-8-16(9-7-14)13-18-20(25)23(21(26)27-18)11-10-22-19(24)17-5-3-4-15(2)12-17/h3-9,12-13H,10-11H2,1-2H3,(H,22,24)/b18-13-. The second-order valence-electron chi connectivity index (χ2n) is 6.37. The van der Waals surface area contributed by atoms with E-state index in [4.69, 9.17) is 0 Å². The van der Waals surface area contributed by atoms with E-state index in [1.165, 1.54) is 4.90 Å². The number of aryl methyl sites for hydroxylation is 2. The monoisotopic (exact) mass is 380 g/mol. The number of carbonyl (C=O) groups excluding carboxylic acids is 3. The van der Waals surface area contributed by atoms with Gasteiger partial charge in [-0.25, -0.2) is 0 Å². The van der Waals surface area contributed by atoms with Gasteiger partial charge in [-0.1, -0.05) is 47.5 Å². The van der Waals surface area contributed by atoms with Crippen molar-refractivity contribution < 1.29 is 14.4 Å². The van der Waals surface area contributed by atoms with Crippen molar-refractivity contribution in [2.24, 2.45) is 0 Å². The summed E-state index contributed by atoms with van der Waals surface area (Å²) in [5, 5.41) is 2.43. The lowest BCUT2D eigenvalue weighted by Crippen LogP contribution is -2.37. The summed E-state index contributed by atoms with van der Waals surface area (Å²) >= 11 is 0.924. The van der Waals surface area contributed by atoms with E-state index in [-0.39, 0.29) is 30.1 Å². The Morgan fingerprint density at radius 2 is 1.81 bits per heavy atom. The molecule has 138 valence electrons. The van der Waals surface area contributed by atoms with Crippen LogP contribution in [0.5, 0.6) is 0 Å². The van der Waals surface area contributed by atoms with Gasteiger partial charge in [0.25, 0.3) is 17.1 Å². The van der Waals surface area contributed by atoms with Crippen LogP contribution in [0.25, 0.3) is 6.08 Å². The molecular formula is C21H20N2O3S. The number of benzene rings is 2. The van der Waals surface area contributed by atoms with Crippen molar-refractivity contribution in [2.45, 2.75) is 13.8 Å². The van der Waals surface area contributed by atoms with Gasteiger partial charge in [0, 0.05) is 18.7 Å². The average Bonchev–Trinajstić information content (AvgIpc) is 2.91. The van der Waals surface area contributed by atoms with Crippen LogP contribution in [0, 0.1) is 13.8 Å². The highest BCUT2D eigenvalue weighted by Crippen LogP contribution is 2.31. The Bertz CT molecular complexity index is 919. The molecular weight excluding hydrogens is 360 g/mol. The van der Waals surface area contributed by atoms with E-state index in [0.29, 0.717) is 10.5 Å². The summed E-state index contributed by atoms with van der Waals surface area (Å²) in [7, 11) is 0. The minimum atomic E-state index is -0.324. The number of amides is 3. The van der Waals surface area contributed by atoms with Crippen molar-refractivity contribution in [2.75, 3.05) is 13.1 Å². The first-order valence-electron chi connectivity index (χ1n) is 8.61. The number of nitrogens with zero attached hydrogens (tertiary/aromatic N) is 1. The number of carbonyl (C=O) groups is 3. The van der Waals surface area contributed by atoms with E-state index in [1.807, 2.05) is 50.2 Å². The molecule has 1 saturated heterocycles. The number of hydrogen-bond donors (Lipinski definition) is 1. The third-order valence-electron chi connectivity index (χ3n) is 4.15. The molecule has 0 radical (unpaired) electrons. The van der Waals surface area contributed by atoms with Crippen LogP contribution in [-0.4, -0.2) is 35.0 Å². The predicted octanol–water partition coefficient (Wildman–Crippen LogP) is 3.77. The number of nitrogens with one attached hydrogen (secondary N) is 1. The van der Waals surface area contributed by atoms with Crippen LogP contribution in [0.15, 0.2) is 53.4 Å². The van der Waals surface area contributed by atoms with Gasteiger partial charge in [-0.3, -0.25) is 19.3 Å². The predicted molar refractivity (Wildman–Crippen MR) is 107 cm³/mol. The van der Waals surface area contributed by atoms with E-state index in [2.05, 4.69) is 5.32 Å². The SMILES string of the molecule is Cc1ccc(/C=C2\SC(=O)N(CCNC(=O)c3cccc(C)c3)C2=O)cc1. The first kappa shape index (κ1) is 18.9. The molecule has 27 heavy (non-hydrogen) atoms. The fraction of sp³-hybridized carbons (Fsp3) is 0.190. The van der Waals surface area contributed by atoms with Crippen molar-refractivity contribution in [1.82, 2.24) is 10.2 Å². The maximum Gasteiger partial charge on any atom is 0.293 e. The normalized spacial score (nSPS) is 15.5. The van der Waals surface area contributed by atoms with Gasteiger partial charge in [-0.2, -0.15) is 0 Å². The van der Waals surface area contributed by atoms with Crippen LogP contribution in [0.3, 0.4) is 0 Å². The van der Waals surface area contributed by atoms with E-state index in [0.717, 1.165) is 28.5 Å². The lowest BCUT2D eigenvalue weighted by molar-refractivity contribution is -0.122. The molecule has 3 rings (SSSR count). The zero-order chi connectivity index (χ0) is 19.4. The van der Waals surface area contributed by atoms with Crippen LogP contribution < -0.4 is 5.32 Å². The lowest BCUT2D eigenvalue weighted by atomic mass is 10.1. The number of thioether (sulfide) groups is 1. The molecule has 0 bridgehead atoms. The molecule has 0 aliphatic carbocycles. The first-order chi connectivity index (χ1) is 12.9. The number of rotatable bonds is 5. The van der Waals surface area contributed by atoms with Gasteiger partial charge in [-0.15, -0.1) is 0 Å². The lowest BCUT2D eigenvalue weighted by Gasteiger charge is -2.13. The quantitative estimate of drug-likeness (QED) is 0.802. The van der Waals surface area contributed by atoms with Gasteiger partial charge >= 0.3 is 0 Å². The molecule has 1 aliphatic heterocycles. The Labute approximate surface area is 162 Å². The van der Waals surface area contributed by atoms with Crippen molar-refractivity contribution in [3.8, 4) is 0 Å². The van der Waals surface area contributed by atoms with E-state index < -0.39 is 0 Å². The highest BCUT2D eigenvalue weighted by atomic mass is 32.2. The second kappa shape index (κ2) is 8.22.